The topological polar surface area (TPSA) is 50.9 Å². The predicted octanol–water partition coefficient (Wildman–Crippen LogP) is 3.16. The number of hydrogen-bond acceptors (Lipinski definition) is 4. The van der Waals surface area contributed by atoms with E-state index < -0.39 is 0 Å². The van der Waals surface area contributed by atoms with E-state index in [1.165, 1.54) is 12.1 Å². The van der Waals surface area contributed by atoms with Gasteiger partial charge in [0.05, 0.1) is 0 Å². The zero-order valence-electron chi connectivity index (χ0n) is 11.6. The van der Waals surface area contributed by atoms with E-state index in [-0.39, 0.29) is 11.9 Å². The Kier molecular flexibility index (Phi) is 4.98. The lowest BCUT2D eigenvalue weighted by Gasteiger charge is -2.18. The lowest BCUT2D eigenvalue weighted by Crippen LogP contribution is -2.20. The third-order valence-corrected chi connectivity index (χ3v) is 4.15. The van der Waals surface area contributed by atoms with Gasteiger partial charge in [-0.1, -0.05) is 0 Å². The Labute approximate surface area is 122 Å². The number of nitrogens with two attached hydrogens (primary N) is 1. The quantitative estimate of drug-likeness (QED) is 0.831. The summed E-state index contributed by atoms with van der Waals surface area (Å²) in [6, 6.07) is 8.67. The standard InChI is InChI=1S/C15H18FN3S/c1-10-7-13(15(17)19-8-10)14(18-2)9-20-12-5-3-11(16)4-6-12/h3-8,14,18H,9H2,1-2H3,(H2,17,19). The molecule has 1 unspecified atom stereocenters. The summed E-state index contributed by atoms with van der Waals surface area (Å²) < 4.78 is 12.9. The van der Waals surface area contributed by atoms with Crippen LogP contribution in [0.4, 0.5) is 10.2 Å². The summed E-state index contributed by atoms with van der Waals surface area (Å²) in [5, 5.41) is 3.25. The Morgan fingerprint density at radius 2 is 2.05 bits per heavy atom. The van der Waals surface area contributed by atoms with Crippen LogP contribution in [0, 0.1) is 12.7 Å². The maximum atomic E-state index is 12.9. The summed E-state index contributed by atoms with van der Waals surface area (Å²) in [5.41, 5.74) is 8.03. The first-order chi connectivity index (χ1) is 9.60. The van der Waals surface area contributed by atoms with Gasteiger partial charge in [-0.05, 0) is 49.9 Å². The second-order valence-electron chi connectivity index (χ2n) is 4.59. The number of halogens is 1. The average molecular weight is 291 g/mol. The molecule has 0 bridgehead atoms. The number of anilines is 1. The number of benzene rings is 1. The molecule has 20 heavy (non-hydrogen) atoms. The van der Waals surface area contributed by atoms with E-state index in [4.69, 9.17) is 5.73 Å². The SMILES string of the molecule is CNC(CSc1ccc(F)cc1)c1cc(C)cnc1N. The number of hydrogen-bond donors (Lipinski definition) is 2. The van der Waals surface area contributed by atoms with E-state index in [1.807, 2.05) is 14.0 Å². The molecule has 0 aliphatic carbocycles. The molecule has 0 spiro atoms. The van der Waals surface area contributed by atoms with E-state index >= 15 is 0 Å². The fourth-order valence-corrected chi connectivity index (χ4v) is 2.95. The second-order valence-corrected chi connectivity index (χ2v) is 5.69. The van der Waals surface area contributed by atoms with Crippen molar-refractivity contribution in [3.05, 3.63) is 53.5 Å². The van der Waals surface area contributed by atoms with Gasteiger partial charge in [-0.25, -0.2) is 9.37 Å². The minimum Gasteiger partial charge on any atom is -0.383 e. The van der Waals surface area contributed by atoms with Crippen LogP contribution in [0.1, 0.15) is 17.2 Å². The van der Waals surface area contributed by atoms with Crippen LogP contribution in [0.5, 0.6) is 0 Å². The predicted molar refractivity (Wildman–Crippen MR) is 82.3 cm³/mol. The Morgan fingerprint density at radius 3 is 2.70 bits per heavy atom. The molecule has 1 heterocycles. The van der Waals surface area contributed by atoms with Crippen LogP contribution in [0.15, 0.2) is 41.4 Å². The summed E-state index contributed by atoms with van der Waals surface area (Å²) in [4.78, 5) is 5.23. The molecule has 106 valence electrons. The van der Waals surface area contributed by atoms with Crippen LogP contribution in [-0.4, -0.2) is 17.8 Å². The molecule has 0 fully saturated rings. The van der Waals surface area contributed by atoms with Crippen molar-refractivity contribution in [1.82, 2.24) is 10.3 Å². The second kappa shape index (κ2) is 6.72. The zero-order valence-corrected chi connectivity index (χ0v) is 12.4. The number of nitrogens with one attached hydrogen (secondary N) is 1. The highest BCUT2D eigenvalue weighted by Gasteiger charge is 2.14. The number of aryl methyl sites for hydroxylation is 1. The van der Waals surface area contributed by atoms with Gasteiger partial charge in [0.25, 0.3) is 0 Å². The molecule has 3 nitrogen and oxygen atoms in total. The summed E-state index contributed by atoms with van der Waals surface area (Å²) in [6.45, 7) is 2.00. The summed E-state index contributed by atoms with van der Waals surface area (Å²) in [6.07, 6.45) is 1.76. The van der Waals surface area contributed by atoms with Crippen molar-refractivity contribution in [1.29, 1.82) is 0 Å². The van der Waals surface area contributed by atoms with Crippen molar-refractivity contribution in [2.45, 2.75) is 17.9 Å². The van der Waals surface area contributed by atoms with Crippen LogP contribution in [0.2, 0.25) is 0 Å². The maximum absolute atomic E-state index is 12.9. The van der Waals surface area contributed by atoms with Gasteiger partial charge in [-0.3, -0.25) is 0 Å². The summed E-state index contributed by atoms with van der Waals surface area (Å²) in [5.74, 6) is 1.14. The van der Waals surface area contributed by atoms with Gasteiger partial charge in [0.15, 0.2) is 0 Å². The molecule has 2 rings (SSSR count). The number of nitrogens with zero attached hydrogens (tertiary/aromatic N) is 1. The van der Waals surface area contributed by atoms with Crippen LogP contribution in [-0.2, 0) is 0 Å². The Bertz CT molecular complexity index is 572. The van der Waals surface area contributed by atoms with Crippen molar-refractivity contribution in [3.8, 4) is 0 Å². The van der Waals surface area contributed by atoms with Crippen molar-refractivity contribution in [2.24, 2.45) is 0 Å². The first kappa shape index (κ1) is 14.8. The minimum atomic E-state index is -0.216. The third-order valence-electron chi connectivity index (χ3n) is 3.04. The molecular formula is C15H18FN3S. The Balaban J connectivity index is 2.09. The number of pyridine rings is 1. The normalized spacial score (nSPS) is 12.3. The lowest BCUT2D eigenvalue weighted by molar-refractivity contribution is 0.626. The molecule has 1 aromatic carbocycles. The van der Waals surface area contributed by atoms with E-state index in [9.17, 15) is 4.39 Å². The molecule has 1 atom stereocenters. The molecule has 1 aromatic heterocycles. The Morgan fingerprint density at radius 1 is 1.35 bits per heavy atom. The van der Waals surface area contributed by atoms with Crippen molar-refractivity contribution >= 4 is 17.6 Å². The lowest BCUT2D eigenvalue weighted by atomic mass is 10.1. The van der Waals surface area contributed by atoms with Gasteiger partial charge in [0.2, 0.25) is 0 Å². The van der Waals surface area contributed by atoms with Crippen LogP contribution in [0.3, 0.4) is 0 Å². The smallest absolute Gasteiger partial charge is 0.128 e. The number of aromatic nitrogens is 1. The van der Waals surface area contributed by atoms with Crippen molar-refractivity contribution < 1.29 is 4.39 Å². The molecule has 0 aliphatic heterocycles. The first-order valence-electron chi connectivity index (χ1n) is 6.38. The highest BCUT2D eigenvalue weighted by molar-refractivity contribution is 7.99. The molecule has 2 aromatic rings. The molecule has 5 heteroatoms. The van der Waals surface area contributed by atoms with E-state index in [0.29, 0.717) is 5.82 Å². The van der Waals surface area contributed by atoms with Gasteiger partial charge in [0, 0.05) is 28.5 Å². The van der Waals surface area contributed by atoms with Gasteiger partial charge >= 0.3 is 0 Å². The fourth-order valence-electron chi connectivity index (χ4n) is 1.92. The number of thioether (sulfide) groups is 1. The van der Waals surface area contributed by atoms with Gasteiger partial charge in [-0.15, -0.1) is 11.8 Å². The molecule has 3 N–H and O–H groups in total. The van der Waals surface area contributed by atoms with Gasteiger partial charge < -0.3 is 11.1 Å². The minimum absolute atomic E-state index is 0.109. The van der Waals surface area contributed by atoms with Gasteiger partial charge in [-0.2, -0.15) is 0 Å². The van der Waals surface area contributed by atoms with Crippen molar-refractivity contribution in [3.63, 3.8) is 0 Å². The maximum Gasteiger partial charge on any atom is 0.128 e. The third kappa shape index (κ3) is 3.71. The first-order valence-corrected chi connectivity index (χ1v) is 7.36. The fraction of sp³-hybridized carbons (Fsp3) is 0.267. The summed E-state index contributed by atoms with van der Waals surface area (Å²) in [7, 11) is 1.90. The molecule has 0 amide bonds. The molecule has 0 radical (unpaired) electrons. The summed E-state index contributed by atoms with van der Waals surface area (Å²) >= 11 is 1.66. The zero-order chi connectivity index (χ0) is 14.5. The van der Waals surface area contributed by atoms with E-state index in [1.54, 1.807) is 30.1 Å². The van der Waals surface area contributed by atoms with Crippen LogP contribution >= 0.6 is 11.8 Å². The number of rotatable bonds is 5. The van der Waals surface area contributed by atoms with Crippen molar-refractivity contribution in [2.75, 3.05) is 18.5 Å². The average Bonchev–Trinajstić information content (AvgIpc) is 2.45. The van der Waals surface area contributed by atoms with E-state index in [2.05, 4.69) is 16.4 Å². The van der Waals surface area contributed by atoms with E-state index in [0.717, 1.165) is 21.8 Å². The molecule has 0 saturated carbocycles. The highest BCUT2D eigenvalue weighted by Crippen LogP contribution is 2.27. The van der Waals surface area contributed by atoms with Crippen LogP contribution < -0.4 is 11.1 Å². The largest absolute Gasteiger partial charge is 0.383 e. The monoisotopic (exact) mass is 291 g/mol. The van der Waals surface area contributed by atoms with Crippen LogP contribution in [0.25, 0.3) is 0 Å². The Hall–Kier alpha value is -1.59. The molecule has 0 aliphatic rings. The van der Waals surface area contributed by atoms with Gasteiger partial charge in [0.1, 0.15) is 11.6 Å². The highest BCUT2D eigenvalue weighted by atomic mass is 32.2. The molecule has 0 saturated heterocycles. The number of nitrogen functional groups attached to an aromatic ring is 1. The molecular weight excluding hydrogens is 273 g/mol.